The third-order valence-corrected chi connectivity index (χ3v) is 3.96. The zero-order valence-corrected chi connectivity index (χ0v) is 12.4. The molecule has 104 valence electrons. The van der Waals surface area contributed by atoms with Crippen LogP contribution in [0.15, 0.2) is 34.5 Å². The van der Waals surface area contributed by atoms with Gasteiger partial charge in [0.05, 0.1) is 17.7 Å². The first-order chi connectivity index (χ1) is 9.08. The second kappa shape index (κ2) is 7.91. The summed E-state index contributed by atoms with van der Waals surface area (Å²) in [5.74, 6) is 0.717. The number of nitrogens with zero attached hydrogens (tertiary/aromatic N) is 2. The zero-order chi connectivity index (χ0) is 14.3. The lowest BCUT2D eigenvalue weighted by atomic mass is 10.1. The molecule has 2 unspecified atom stereocenters. The van der Waals surface area contributed by atoms with Crippen molar-refractivity contribution in [3.63, 3.8) is 0 Å². The summed E-state index contributed by atoms with van der Waals surface area (Å²) in [5, 5.41) is 7.02. The largest absolute Gasteiger partial charge is 0.497 e. The van der Waals surface area contributed by atoms with E-state index in [1.165, 1.54) is 6.21 Å². The van der Waals surface area contributed by atoms with E-state index in [1.807, 2.05) is 30.5 Å². The number of benzene rings is 1. The highest BCUT2D eigenvalue weighted by atomic mass is 35.5. The lowest BCUT2D eigenvalue weighted by Gasteiger charge is -2.17. The van der Waals surface area contributed by atoms with Crippen LogP contribution in [0.3, 0.4) is 0 Å². The Labute approximate surface area is 122 Å². The van der Waals surface area contributed by atoms with Gasteiger partial charge in [0.25, 0.3) is 0 Å². The average Bonchev–Trinajstić information content (AvgIpc) is 2.40. The van der Waals surface area contributed by atoms with Gasteiger partial charge in [-0.25, -0.2) is 0 Å². The van der Waals surface area contributed by atoms with E-state index in [4.69, 9.17) is 27.8 Å². The van der Waals surface area contributed by atoms with E-state index in [2.05, 4.69) is 10.2 Å². The molecule has 0 aliphatic carbocycles. The summed E-state index contributed by atoms with van der Waals surface area (Å²) < 4.78 is 5.12. The average molecular weight is 301 g/mol. The molecule has 0 heterocycles. The summed E-state index contributed by atoms with van der Waals surface area (Å²) in [4.78, 5) is 0. The molecular weight excluding hydrogens is 284 g/mol. The quantitative estimate of drug-likeness (QED) is 0.364. The second-order valence-corrected chi connectivity index (χ2v) is 5.15. The number of guanidine groups is 1. The smallest absolute Gasteiger partial charge is 0.211 e. The monoisotopic (exact) mass is 300 g/mol. The Morgan fingerprint density at radius 3 is 2.47 bits per heavy atom. The van der Waals surface area contributed by atoms with Gasteiger partial charge < -0.3 is 16.2 Å². The van der Waals surface area contributed by atoms with Crippen LogP contribution < -0.4 is 16.2 Å². The number of methoxy groups -OCH3 is 1. The Morgan fingerprint density at radius 1 is 1.37 bits per heavy atom. The van der Waals surface area contributed by atoms with E-state index in [-0.39, 0.29) is 16.6 Å². The summed E-state index contributed by atoms with van der Waals surface area (Å²) in [5.41, 5.74) is 11.5. The number of nitrogens with two attached hydrogens (primary N) is 2. The predicted molar refractivity (Wildman–Crippen MR) is 83.2 cm³/mol. The van der Waals surface area contributed by atoms with Crippen LogP contribution in [0.1, 0.15) is 10.8 Å². The molecule has 1 aromatic carbocycles. The van der Waals surface area contributed by atoms with E-state index in [0.29, 0.717) is 0 Å². The predicted octanol–water partition coefficient (Wildman–Crippen LogP) is 1.97. The van der Waals surface area contributed by atoms with Gasteiger partial charge in [0.2, 0.25) is 5.96 Å². The standard InChI is InChI=1S/C12H17ClN4OS/c1-18-9-5-3-8(4-6-9)11(19-2)10(13)7-16-17-12(14)15/h3-7,10-11H,1-2H3,(H4,14,15,17). The summed E-state index contributed by atoms with van der Waals surface area (Å²) in [6.07, 6.45) is 3.51. The molecule has 0 spiro atoms. The lowest BCUT2D eigenvalue weighted by Crippen LogP contribution is -2.22. The van der Waals surface area contributed by atoms with E-state index in [9.17, 15) is 0 Å². The van der Waals surface area contributed by atoms with Crippen molar-refractivity contribution in [3.05, 3.63) is 29.8 Å². The molecule has 19 heavy (non-hydrogen) atoms. The van der Waals surface area contributed by atoms with E-state index < -0.39 is 0 Å². The highest BCUT2D eigenvalue weighted by Gasteiger charge is 2.18. The maximum Gasteiger partial charge on any atom is 0.211 e. The maximum atomic E-state index is 6.29. The van der Waals surface area contributed by atoms with Gasteiger partial charge in [-0.2, -0.15) is 16.9 Å². The minimum atomic E-state index is -0.313. The normalized spacial score (nSPS) is 14.1. The molecule has 0 aliphatic heterocycles. The number of rotatable bonds is 6. The molecule has 5 nitrogen and oxygen atoms in total. The highest BCUT2D eigenvalue weighted by Crippen LogP contribution is 2.33. The fourth-order valence-corrected chi connectivity index (χ4v) is 2.75. The molecule has 0 amide bonds. The van der Waals surface area contributed by atoms with Gasteiger partial charge >= 0.3 is 0 Å². The Bertz CT molecular complexity index is 446. The van der Waals surface area contributed by atoms with Crippen molar-refractivity contribution >= 4 is 35.5 Å². The molecule has 7 heteroatoms. The Morgan fingerprint density at radius 2 is 2.00 bits per heavy atom. The van der Waals surface area contributed by atoms with Gasteiger partial charge in [-0.05, 0) is 24.0 Å². The fraction of sp³-hybridized carbons (Fsp3) is 0.333. The van der Waals surface area contributed by atoms with Crippen molar-refractivity contribution in [3.8, 4) is 5.75 Å². The third-order valence-electron chi connectivity index (χ3n) is 2.37. The van der Waals surface area contributed by atoms with Crippen LogP contribution in [0.2, 0.25) is 0 Å². The summed E-state index contributed by atoms with van der Waals surface area (Å²) in [7, 11) is 1.63. The maximum absolute atomic E-state index is 6.29. The number of thioether (sulfide) groups is 1. The molecule has 2 atom stereocenters. The fourth-order valence-electron chi connectivity index (χ4n) is 1.49. The molecule has 0 saturated carbocycles. The van der Waals surface area contributed by atoms with Crippen molar-refractivity contribution in [1.29, 1.82) is 0 Å². The SMILES string of the molecule is COc1ccc(C(SC)C(Cl)C=NN=C(N)N)cc1. The van der Waals surface area contributed by atoms with Gasteiger partial charge in [0.15, 0.2) is 0 Å². The minimum Gasteiger partial charge on any atom is -0.497 e. The number of hydrogen-bond donors (Lipinski definition) is 2. The first kappa shape index (κ1) is 15.7. The minimum absolute atomic E-state index is 0.0607. The molecule has 1 aromatic rings. The molecule has 0 aromatic heterocycles. The number of ether oxygens (including phenoxy) is 1. The van der Waals surface area contributed by atoms with Gasteiger partial charge in [-0.1, -0.05) is 12.1 Å². The second-order valence-electron chi connectivity index (χ2n) is 3.66. The van der Waals surface area contributed by atoms with Crippen LogP contribution in [-0.4, -0.2) is 30.9 Å². The summed E-state index contributed by atoms with van der Waals surface area (Å²) in [6, 6.07) is 7.75. The van der Waals surface area contributed by atoms with E-state index in [1.54, 1.807) is 18.9 Å². The zero-order valence-electron chi connectivity index (χ0n) is 10.8. The van der Waals surface area contributed by atoms with Gasteiger partial charge in [-0.15, -0.1) is 16.7 Å². The molecule has 0 aliphatic rings. The molecule has 0 radical (unpaired) electrons. The van der Waals surface area contributed by atoms with E-state index >= 15 is 0 Å². The number of hydrogen-bond acceptors (Lipinski definition) is 4. The van der Waals surface area contributed by atoms with E-state index in [0.717, 1.165) is 11.3 Å². The van der Waals surface area contributed by atoms with Crippen molar-refractivity contribution in [2.45, 2.75) is 10.6 Å². The van der Waals surface area contributed by atoms with Crippen LogP contribution in [0.4, 0.5) is 0 Å². The van der Waals surface area contributed by atoms with Crippen LogP contribution in [-0.2, 0) is 0 Å². The first-order valence-corrected chi connectivity index (χ1v) is 7.23. The third kappa shape index (κ3) is 5.00. The number of halogens is 1. The van der Waals surface area contributed by atoms with Gasteiger partial charge in [0, 0.05) is 6.21 Å². The van der Waals surface area contributed by atoms with Gasteiger partial charge in [0.1, 0.15) is 5.75 Å². The van der Waals surface area contributed by atoms with Crippen molar-refractivity contribution in [2.75, 3.05) is 13.4 Å². The Kier molecular flexibility index (Phi) is 6.52. The van der Waals surface area contributed by atoms with Crippen LogP contribution in [0.5, 0.6) is 5.75 Å². The lowest BCUT2D eigenvalue weighted by molar-refractivity contribution is 0.414. The van der Waals surface area contributed by atoms with Crippen molar-refractivity contribution in [2.24, 2.45) is 21.7 Å². The molecule has 0 bridgehead atoms. The van der Waals surface area contributed by atoms with Crippen LogP contribution >= 0.6 is 23.4 Å². The van der Waals surface area contributed by atoms with Crippen LogP contribution in [0, 0.1) is 0 Å². The molecule has 1 rings (SSSR count). The van der Waals surface area contributed by atoms with Gasteiger partial charge in [-0.3, -0.25) is 0 Å². The summed E-state index contributed by atoms with van der Waals surface area (Å²) in [6.45, 7) is 0. The first-order valence-electron chi connectivity index (χ1n) is 5.51. The molecule has 0 saturated heterocycles. The molecular formula is C12H17ClN4OS. The van der Waals surface area contributed by atoms with Crippen molar-refractivity contribution < 1.29 is 4.74 Å². The highest BCUT2D eigenvalue weighted by molar-refractivity contribution is 7.99. The number of alkyl halides is 1. The topological polar surface area (TPSA) is 86.0 Å². The Balaban J connectivity index is 2.80. The molecule has 4 N–H and O–H groups in total. The summed E-state index contributed by atoms with van der Waals surface area (Å²) >= 11 is 7.91. The Hall–Kier alpha value is -1.40. The molecule has 0 fully saturated rings. The van der Waals surface area contributed by atoms with Crippen LogP contribution in [0.25, 0.3) is 0 Å². The van der Waals surface area contributed by atoms with Crippen molar-refractivity contribution in [1.82, 2.24) is 0 Å².